The van der Waals surface area contributed by atoms with E-state index >= 15 is 0 Å². The van der Waals surface area contributed by atoms with Crippen LogP contribution in [0.3, 0.4) is 0 Å². The van der Waals surface area contributed by atoms with Gasteiger partial charge in [0.05, 0.1) is 14.9 Å². The van der Waals surface area contributed by atoms with Crippen LogP contribution in [-0.2, 0) is 28.5 Å². The Labute approximate surface area is 234 Å². The van der Waals surface area contributed by atoms with E-state index in [9.17, 15) is 23.6 Å². The van der Waals surface area contributed by atoms with Crippen LogP contribution in [0.5, 0.6) is 5.75 Å². The number of Topliss-reactive ketones (excluding diaryl/α,β-unsaturated/α-hetero) is 1. The summed E-state index contributed by atoms with van der Waals surface area (Å²) >= 11 is 0. The van der Waals surface area contributed by atoms with Crippen LogP contribution in [0.15, 0.2) is 33.5 Å². The van der Waals surface area contributed by atoms with Crippen LogP contribution < -0.4 is 20.9 Å². The minimum absolute atomic E-state index is 0.0219. The smallest absolute Gasteiger partial charge is 0.309 e. The quantitative estimate of drug-likeness (QED) is 0.333. The summed E-state index contributed by atoms with van der Waals surface area (Å²) in [5, 5.41) is 10.9. The molecular weight excluding hydrogens is 515 g/mol. The van der Waals surface area contributed by atoms with E-state index in [-0.39, 0.29) is 23.2 Å². The van der Waals surface area contributed by atoms with Crippen LogP contribution in [0, 0.1) is 12.7 Å². The zero-order valence-electron chi connectivity index (χ0n) is 29.0. The minimum atomic E-state index is -3.34. The molecule has 0 atom stereocenters. The number of hydrogen-bond donors (Lipinski definition) is 2. The molecule has 3 rings (SSSR count). The zero-order valence-corrected chi connectivity index (χ0v) is 21.0. The number of rotatable bonds is 12. The van der Waals surface area contributed by atoms with Crippen molar-refractivity contribution >= 4 is 17.6 Å². The van der Waals surface area contributed by atoms with Crippen molar-refractivity contribution in [1.82, 2.24) is 30.4 Å². The number of carbonyl (C=O) groups excluding carboxylic acids is 3. The second-order valence-corrected chi connectivity index (χ2v) is 8.40. The van der Waals surface area contributed by atoms with Gasteiger partial charge in [0.2, 0.25) is 11.6 Å². The first kappa shape index (κ1) is 19.6. The molecule has 39 heavy (non-hydrogen) atoms. The van der Waals surface area contributed by atoms with Gasteiger partial charge in [-0.3, -0.25) is 23.7 Å². The van der Waals surface area contributed by atoms with Gasteiger partial charge in [-0.2, -0.15) is 0 Å². The summed E-state index contributed by atoms with van der Waals surface area (Å²) in [4.78, 5) is 56.6. The number of hydrogen-bond acceptors (Lipinski definition) is 10. The molecule has 0 unspecified atom stereocenters. The third kappa shape index (κ3) is 7.31. The maximum atomic E-state index is 13.7. The lowest BCUT2D eigenvalue weighted by Gasteiger charge is -2.27. The Kier molecular flexibility index (Phi) is 6.22. The van der Waals surface area contributed by atoms with Gasteiger partial charge in [0.1, 0.15) is 18.2 Å². The van der Waals surface area contributed by atoms with E-state index in [0.29, 0.717) is 0 Å². The van der Waals surface area contributed by atoms with E-state index in [1.807, 2.05) is 5.32 Å². The van der Waals surface area contributed by atoms with Gasteiger partial charge in [0, 0.05) is 42.1 Å². The van der Waals surface area contributed by atoms with Crippen molar-refractivity contribution in [2.45, 2.75) is 39.2 Å². The molecule has 208 valence electrons. The number of halogens is 1. The largest absolute Gasteiger partial charge is 0.478 e. The van der Waals surface area contributed by atoms with Crippen LogP contribution in [-0.4, -0.2) is 57.7 Å². The summed E-state index contributed by atoms with van der Waals surface area (Å²) in [6, 6.07) is 3.95. The Morgan fingerprint density at radius 1 is 1.21 bits per heavy atom. The number of aryl methyl sites for hydroxylation is 1. The molecule has 13 nitrogen and oxygen atoms in total. The molecule has 2 amide bonds. The topological polar surface area (TPSA) is 168 Å². The molecule has 0 spiro atoms. The predicted molar refractivity (Wildman–Crippen MR) is 134 cm³/mol. The SMILES string of the molecule is [2H]C([2H])([2H])c1nnc(C(=O)NC(C)(C)c2nc(C(=O)NC([2H])([2H])c3ccc(F)cc3)c(OCC(=O)CCOC)c(=O)n2C([2H])([2H])[2H])o1. The van der Waals surface area contributed by atoms with Crippen LogP contribution in [0.4, 0.5) is 4.39 Å². The van der Waals surface area contributed by atoms with Crippen molar-refractivity contribution in [3.8, 4) is 5.75 Å². The fraction of sp³-hybridized carbons (Fsp3) is 0.400. The predicted octanol–water partition coefficient (Wildman–Crippen LogP) is 1.19. The molecule has 2 N–H and O–H groups in total. The molecule has 0 radical (unpaired) electrons. The van der Waals surface area contributed by atoms with Gasteiger partial charge in [0.15, 0.2) is 11.5 Å². The maximum absolute atomic E-state index is 13.7. The molecule has 2 heterocycles. The Bertz CT molecular complexity index is 1710. The summed E-state index contributed by atoms with van der Waals surface area (Å²) in [7, 11) is 1.33. The van der Waals surface area contributed by atoms with E-state index in [1.165, 1.54) is 21.0 Å². The molecule has 0 aliphatic carbocycles. The van der Waals surface area contributed by atoms with Crippen LogP contribution in [0.25, 0.3) is 0 Å². The average Bonchev–Trinajstić information content (AvgIpc) is 3.45. The van der Waals surface area contributed by atoms with E-state index in [0.717, 1.165) is 24.3 Å². The van der Waals surface area contributed by atoms with Gasteiger partial charge < -0.3 is 24.5 Å². The molecular formula is C25H29FN6O7. The summed E-state index contributed by atoms with van der Waals surface area (Å²) in [6.45, 7) is -7.42. The number of benzene rings is 1. The first-order valence-electron chi connectivity index (χ1n) is 15.1. The van der Waals surface area contributed by atoms with Gasteiger partial charge in [-0.25, -0.2) is 9.37 Å². The lowest BCUT2D eigenvalue weighted by atomic mass is 10.0. The highest BCUT2D eigenvalue weighted by Crippen LogP contribution is 2.21. The molecule has 14 heteroatoms. The van der Waals surface area contributed by atoms with Crippen molar-refractivity contribution in [2.24, 2.45) is 6.98 Å². The summed E-state index contributed by atoms with van der Waals surface area (Å²) < 4.78 is 91.3. The third-order valence-corrected chi connectivity index (χ3v) is 4.99. The summed E-state index contributed by atoms with van der Waals surface area (Å²) in [5.41, 5.74) is -4.69. The highest BCUT2D eigenvalue weighted by atomic mass is 19.1. The van der Waals surface area contributed by atoms with Crippen molar-refractivity contribution in [1.29, 1.82) is 0 Å². The Balaban J connectivity index is 2.17. The maximum Gasteiger partial charge on any atom is 0.309 e. The van der Waals surface area contributed by atoms with Gasteiger partial charge >= 0.3 is 11.8 Å². The monoisotopic (exact) mass is 552 g/mol. The highest BCUT2D eigenvalue weighted by Gasteiger charge is 2.33. The number of aromatic nitrogens is 4. The van der Waals surface area contributed by atoms with E-state index in [1.54, 1.807) is 0 Å². The summed E-state index contributed by atoms with van der Waals surface area (Å²) in [5.74, 6) is -7.47. The van der Waals surface area contributed by atoms with Crippen LogP contribution in [0.1, 0.15) is 69.7 Å². The number of nitrogens with one attached hydrogen (secondary N) is 2. The highest BCUT2D eigenvalue weighted by molar-refractivity contribution is 5.95. The van der Waals surface area contributed by atoms with Crippen LogP contribution >= 0.6 is 0 Å². The first-order valence-corrected chi connectivity index (χ1v) is 11.1. The second kappa shape index (κ2) is 12.4. The number of carbonyl (C=O) groups is 3. The average molecular weight is 553 g/mol. The van der Waals surface area contributed by atoms with E-state index in [4.69, 9.17) is 24.9 Å². The fourth-order valence-corrected chi connectivity index (χ4v) is 3.08. The van der Waals surface area contributed by atoms with E-state index < -0.39 is 90.5 Å². The van der Waals surface area contributed by atoms with Gasteiger partial charge in [-0.15, -0.1) is 10.2 Å². The van der Waals surface area contributed by atoms with Crippen molar-refractivity contribution in [3.63, 3.8) is 0 Å². The summed E-state index contributed by atoms with van der Waals surface area (Å²) in [6.07, 6.45) is -0.178. The van der Waals surface area contributed by atoms with Gasteiger partial charge in [0.25, 0.3) is 11.5 Å². The molecule has 0 saturated carbocycles. The number of nitrogens with zero attached hydrogens (tertiary/aromatic N) is 4. The fourth-order valence-electron chi connectivity index (χ4n) is 3.08. The van der Waals surface area contributed by atoms with Crippen molar-refractivity contribution in [2.75, 3.05) is 20.3 Å². The van der Waals surface area contributed by atoms with Crippen molar-refractivity contribution in [3.05, 3.63) is 69.3 Å². The molecule has 0 saturated heterocycles. The number of ketones is 1. The van der Waals surface area contributed by atoms with E-state index in [2.05, 4.69) is 20.5 Å². The Morgan fingerprint density at radius 3 is 2.59 bits per heavy atom. The molecule has 1 aromatic carbocycles. The van der Waals surface area contributed by atoms with Crippen molar-refractivity contribution < 1.29 is 43.6 Å². The zero-order chi connectivity index (χ0) is 35.5. The lowest BCUT2D eigenvalue weighted by molar-refractivity contribution is -0.121. The molecule has 0 aliphatic rings. The number of ether oxygens (including phenoxy) is 2. The molecule has 0 bridgehead atoms. The van der Waals surface area contributed by atoms with Gasteiger partial charge in [-0.05, 0) is 31.5 Å². The standard InChI is InChI=1S/C25H29FN6O7/c1-14-30-31-22(39-14)21(35)29-25(2,3)24-28-18(20(34)27-12-15-6-8-16(26)9-7-15)19(23(36)32(24)4)38-13-17(33)10-11-37-5/h6-9H,10-13H2,1-5H3,(H,27,34)(H,29,35)/i1D3,4D3,12D2. The van der Waals surface area contributed by atoms with Crippen LogP contribution in [0.2, 0.25) is 0 Å². The minimum Gasteiger partial charge on any atom is -0.478 e. The Morgan fingerprint density at radius 2 is 1.95 bits per heavy atom. The number of methoxy groups -OCH3 is 1. The number of amides is 2. The lowest BCUT2D eigenvalue weighted by Crippen LogP contribution is -2.46. The van der Waals surface area contributed by atoms with Gasteiger partial charge in [-0.1, -0.05) is 12.1 Å². The second-order valence-electron chi connectivity index (χ2n) is 8.40. The molecule has 2 aromatic heterocycles. The Hall–Kier alpha value is -4.46. The normalized spacial score (nSPS) is 15.3. The molecule has 0 aliphatic heterocycles. The molecule has 3 aromatic rings. The first-order chi connectivity index (χ1) is 21.6. The molecule has 0 fully saturated rings. The third-order valence-electron chi connectivity index (χ3n) is 4.99.